The summed E-state index contributed by atoms with van der Waals surface area (Å²) < 4.78 is 16.9. The topological polar surface area (TPSA) is 56.8 Å². The molecule has 1 heterocycles. The fourth-order valence-electron chi connectivity index (χ4n) is 2.45. The molecule has 24 heavy (non-hydrogen) atoms. The van der Waals surface area contributed by atoms with Gasteiger partial charge in [0.05, 0.1) is 6.10 Å². The number of carbonyl (C=O) groups is 1. The van der Waals surface area contributed by atoms with Crippen molar-refractivity contribution in [2.75, 3.05) is 6.61 Å². The molecule has 0 saturated carbocycles. The van der Waals surface area contributed by atoms with Gasteiger partial charge in [0.1, 0.15) is 12.4 Å². The van der Waals surface area contributed by atoms with E-state index in [-0.39, 0.29) is 18.6 Å². The number of nitrogens with one attached hydrogen (secondary N) is 1. The van der Waals surface area contributed by atoms with Gasteiger partial charge in [-0.3, -0.25) is 4.79 Å². The summed E-state index contributed by atoms with van der Waals surface area (Å²) in [6.07, 6.45) is -0.530. The lowest BCUT2D eigenvalue weighted by Crippen LogP contribution is -2.43. The van der Waals surface area contributed by atoms with E-state index in [0.717, 1.165) is 11.3 Å². The SMILES string of the molecule is CC(C)Oc1cccc(CNC(=O)[C@H]2COc3ccccc3O2)c1. The Bertz CT molecular complexity index is 714. The second-order valence-corrected chi connectivity index (χ2v) is 5.90. The van der Waals surface area contributed by atoms with E-state index in [9.17, 15) is 4.79 Å². The molecule has 0 spiro atoms. The molecule has 3 rings (SSSR count). The van der Waals surface area contributed by atoms with Crippen LogP contribution in [0.15, 0.2) is 48.5 Å². The summed E-state index contributed by atoms with van der Waals surface area (Å²) in [7, 11) is 0. The number of benzene rings is 2. The molecule has 5 nitrogen and oxygen atoms in total. The minimum atomic E-state index is -0.644. The minimum absolute atomic E-state index is 0.114. The number of para-hydroxylation sites is 2. The zero-order valence-corrected chi connectivity index (χ0v) is 13.8. The average molecular weight is 327 g/mol. The van der Waals surface area contributed by atoms with Crippen LogP contribution < -0.4 is 19.5 Å². The first-order valence-electron chi connectivity index (χ1n) is 8.03. The van der Waals surface area contributed by atoms with Crippen molar-refractivity contribution < 1.29 is 19.0 Å². The van der Waals surface area contributed by atoms with Crippen molar-refractivity contribution in [1.29, 1.82) is 0 Å². The average Bonchev–Trinajstić information content (AvgIpc) is 2.59. The molecule has 0 aromatic heterocycles. The molecule has 0 unspecified atom stereocenters. The van der Waals surface area contributed by atoms with Gasteiger partial charge in [0.25, 0.3) is 5.91 Å². The summed E-state index contributed by atoms with van der Waals surface area (Å²) in [6.45, 7) is 4.58. The van der Waals surface area contributed by atoms with Gasteiger partial charge in [-0.05, 0) is 43.7 Å². The van der Waals surface area contributed by atoms with Gasteiger partial charge in [0.2, 0.25) is 6.10 Å². The molecule has 1 amide bonds. The largest absolute Gasteiger partial charge is 0.491 e. The van der Waals surface area contributed by atoms with E-state index in [1.807, 2.05) is 56.3 Å². The van der Waals surface area contributed by atoms with Crippen LogP contribution in [0.5, 0.6) is 17.2 Å². The van der Waals surface area contributed by atoms with E-state index >= 15 is 0 Å². The lowest BCUT2D eigenvalue weighted by atomic mass is 10.2. The maximum absolute atomic E-state index is 12.3. The molecule has 126 valence electrons. The zero-order valence-electron chi connectivity index (χ0n) is 13.8. The van der Waals surface area contributed by atoms with Gasteiger partial charge in [-0.1, -0.05) is 24.3 Å². The molecule has 0 saturated heterocycles. The molecule has 1 atom stereocenters. The van der Waals surface area contributed by atoms with Crippen molar-refractivity contribution in [2.45, 2.75) is 32.6 Å². The van der Waals surface area contributed by atoms with E-state index < -0.39 is 6.10 Å². The maximum atomic E-state index is 12.3. The predicted octanol–water partition coefficient (Wildman–Crippen LogP) is 2.93. The lowest BCUT2D eigenvalue weighted by Gasteiger charge is -2.25. The van der Waals surface area contributed by atoms with Crippen LogP contribution in [0.3, 0.4) is 0 Å². The molecule has 1 aliphatic rings. The molecule has 2 aromatic carbocycles. The van der Waals surface area contributed by atoms with Crippen LogP contribution >= 0.6 is 0 Å². The Balaban J connectivity index is 1.56. The van der Waals surface area contributed by atoms with Crippen LogP contribution in [-0.4, -0.2) is 24.7 Å². The Morgan fingerprint density at radius 1 is 1.21 bits per heavy atom. The lowest BCUT2D eigenvalue weighted by molar-refractivity contribution is -0.130. The van der Waals surface area contributed by atoms with Crippen LogP contribution in [0.4, 0.5) is 0 Å². The number of hydrogen-bond acceptors (Lipinski definition) is 4. The highest BCUT2D eigenvalue weighted by Gasteiger charge is 2.26. The maximum Gasteiger partial charge on any atom is 0.264 e. The van der Waals surface area contributed by atoms with E-state index in [2.05, 4.69) is 5.32 Å². The van der Waals surface area contributed by atoms with Crippen molar-refractivity contribution in [3.8, 4) is 17.2 Å². The third-order valence-corrected chi connectivity index (χ3v) is 3.54. The first-order valence-corrected chi connectivity index (χ1v) is 8.03. The molecule has 2 aromatic rings. The number of amides is 1. The van der Waals surface area contributed by atoms with Crippen molar-refractivity contribution >= 4 is 5.91 Å². The number of ether oxygens (including phenoxy) is 3. The van der Waals surface area contributed by atoms with Crippen molar-refractivity contribution in [2.24, 2.45) is 0 Å². The highest BCUT2D eigenvalue weighted by Crippen LogP contribution is 2.30. The fourth-order valence-corrected chi connectivity index (χ4v) is 2.45. The highest BCUT2D eigenvalue weighted by molar-refractivity contribution is 5.81. The van der Waals surface area contributed by atoms with Gasteiger partial charge in [0.15, 0.2) is 11.5 Å². The summed E-state index contributed by atoms with van der Waals surface area (Å²) in [5, 5.41) is 2.88. The zero-order chi connectivity index (χ0) is 16.9. The first-order chi connectivity index (χ1) is 11.6. The van der Waals surface area contributed by atoms with Gasteiger partial charge in [-0.2, -0.15) is 0 Å². The Labute approximate surface area is 141 Å². The molecule has 1 aliphatic heterocycles. The number of carbonyl (C=O) groups excluding carboxylic acids is 1. The van der Waals surface area contributed by atoms with Crippen LogP contribution in [0.1, 0.15) is 19.4 Å². The first kappa shape index (κ1) is 16.2. The summed E-state index contributed by atoms with van der Waals surface area (Å²) in [5.41, 5.74) is 0.971. The summed E-state index contributed by atoms with van der Waals surface area (Å²) in [6, 6.07) is 15.0. The number of fused-ring (bicyclic) bond motifs is 1. The Hall–Kier alpha value is -2.69. The molecule has 0 radical (unpaired) electrons. The molecule has 0 fully saturated rings. The van der Waals surface area contributed by atoms with Gasteiger partial charge in [-0.15, -0.1) is 0 Å². The van der Waals surface area contributed by atoms with E-state index in [1.54, 1.807) is 6.07 Å². The van der Waals surface area contributed by atoms with Crippen LogP contribution in [0, 0.1) is 0 Å². The van der Waals surface area contributed by atoms with Crippen molar-refractivity contribution in [3.05, 3.63) is 54.1 Å². The minimum Gasteiger partial charge on any atom is -0.491 e. The normalized spacial score (nSPS) is 15.9. The molecule has 1 N–H and O–H groups in total. The fraction of sp³-hybridized carbons (Fsp3) is 0.316. The third kappa shape index (κ3) is 3.98. The van der Waals surface area contributed by atoms with Gasteiger partial charge in [0, 0.05) is 6.54 Å². The van der Waals surface area contributed by atoms with E-state index in [0.29, 0.717) is 18.0 Å². The predicted molar refractivity (Wildman–Crippen MR) is 90.4 cm³/mol. The molecular weight excluding hydrogens is 306 g/mol. The summed E-state index contributed by atoms with van der Waals surface area (Å²) >= 11 is 0. The van der Waals surface area contributed by atoms with Gasteiger partial charge < -0.3 is 19.5 Å². The standard InChI is InChI=1S/C19H21NO4/c1-13(2)23-15-7-5-6-14(10-15)11-20-19(21)18-12-22-16-8-3-4-9-17(16)24-18/h3-10,13,18H,11-12H2,1-2H3,(H,20,21)/t18-/m1/s1. The molecule has 0 bridgehead atoms. The van der Waals surface area contributed by atoms with E-state index in [4.69, 9.17) is 14.2 Å². The van der Waals surface area contributed by atoms with Crippen molar-refractivity contribution in [1.82, 2.24) is 5.32 Å². The van der Waals surface area contributed by atoms with Gasteiger partial charge in [-0.25, -0.2) is 0 Å². The molecule has 5 heteroatoms. The van der Waals surface area contributed by atoms with Gasteiger partial charge >= 0.3 is 0 Å². The third-order valence-electron chi connectivity index (χ3n) is 3.54. The van der Waals surface area contributed by atoms with Crippen LogP contribution in [0.25, 0.3) is 0 Å². The molecule has 0 aliphatic carbocycles. The Morgan fingerprint density at radius 3 is 2.79 bits per heavy atom. The number of hydrogen-bond donors (Lipinski definition) is 1. The second kappa shape index (κ2) is 7.25. The summed E-state index contributed by atoms with van der Waals surface area (Å²) in [4.78, 5) is 12.3. The van der Waals surface area contributed by atoms with E-state index in [1.165, 1.54) is 0 Å². The Morgan fingerprint density at radius 2 is 2.00 bits per heavy atom. The summed E-state index contributed by atoms with van der Waals surface area (Å²) in [5.74, 6) is 1.86. The molecular formula is C19H21NO4. The van der Waals surface area contributed by atoms with Crippen LogP contribution in [-0.2, 0) is 11.3 Å². The second-order valence-electron chi connectivity index (χ2n) is 5.90. The quantitative estimate of drug-likeness (QED) is 0.917. The van der Waals surface area contributed by atoms with Crippen molar-refractivity contribution in [3.63, 3.8) is 0 Å². The monoisotopic (exact) mass is 327 g/mol. The number of rotatable bonds is 5. The smallest absolute Gasteiger partial charge is 0.264 e. The highest BCUT2D eigenvalue weighted by atomic mass is 16.6. The Kier molecular flexibility index (Phi) is 4.89. The van der Waals surface area contributed by atoms with Crippen LogP contribution in [0.2, 0.25) is 0 Å².